The molecule has 0 saturated carbocycles. The Morgan fingerprint density at radius 2 is 1.85 bits per heavy atom. The lowest BCUT2D eigenvalue weighted by Crippen LogP contribution is -2.14. The highest BCUT2D eigenvalue weighted by molar-refractivity contribution is 5.95. The monoisotopic (exact) mass is 272 g/mol. The molecule has 2 aromatic rings. The average molecular weight is 272 g/mol. The lowest BCUT2D eigenvalue weighted by molar-refractivity contribution is 0.299. The molecule has 2 rings (SSSR count). The van der Waals surface area contributed by atoms with E-state index in [4.69, 9.17) is 15.9 Å². The number of aryl methyl sites for hydroxylation is 2. The molecule has 0 radical (unpaired) electrons. The minimum Gasteiger partial charge on any atom is -0.489 e. The van der Waals surface area contributed by atoms with E-state index in [2.05, 4.69) is 0 Å². The fourth-order valence-electron chi connectivity index (χ4n) is 2.08. The molecule has 0 unspecified atom stereocenters. The van der Waals surface area contributed by atoms with Gasteiger partial charge < -0.3 is 10.5 Å². The number of nitrogens with one attached hydrogen (secondary N) is 1. The third-order valence-electron chi connectivity index (χ3n) is 2.96. The lowest BCUT2D eigenvalue weighted by Gasteiger charge is -2.10. The summed E-state index contributed by atoms with van der Waals surface area (Å²) < 4.78 is 19.7. The van der Waals surface area contributed by atoms with E-state index in [1.165, 1.54) is 6.07 Å². The Kier molecular flexibility index (Phi) is 4.03. The number of amidine groups is 1. The number of hydrogen-bond acceptors (Lipinski definition) is 2. The van der Waals surface area contributed by atoms with Gasteiger partial charge in [0.1, 0.15) is 24.0 Å². The first-order valence-electron chi connectivity index (χ1n) is 6.30. The molecule has 0 aliphatic carbocycles. The topological polar surface area (TPSA) is 59.1 Å². The van der Waals surface area contributed by atoms with E-state index in [9.17, 15) is 4.39 Å². The number of rotatable bonds is 4. The second-order valence-corrected chi connectivity index (χ2v) is 4.80. The van der Waals surface area contributed by atoms with Crippen LogP contribution in [0.25, 0.3) is 0 Å². The summed E-state index contributed by atoms with van der Waals surface area (Å²) in [5.41, 5.74) is 8.01. The van der Waals surface area contributed by atoms with Crippen LogP contribution in [0.2, 0.25) is 0 Å². The smallest absolute Gasteiger partial charge is 0.140 e. The SMILES string of the molecule is Cc1cc(C)cc(OCc2cccc(C(=N)N)c2F)c1. The third-order valence-corrected chi connectivity index (χ3v) is 2.96. The first-order chi connectivity index (χ1) is 9.47. The zero-order valence-electron chi connectivity index (χ0n) is 11.5. The van der Waals surface area contributed by atoms with Crippen molar-refractivity contribution < 1.29 is 9.13 Å². The van der Waals surface area contributed by atoms with Gasteiger partial charge in [0.25, 0.3) is 0 Å². The van der Waals surface area contributed by atoms with Crippen LogP contribution in [0.4, 0.5) is 4.39 Å². The Bertz CT molecular complexity index is 633. The summed E-state index contributed by atoms with van der Waals surface area (Å²) in [4.78, 5) is 0. The van der Waals surface area contributed by atoms with Gasteiger partial charge in [0.05, 0.1) is 5.56 Å². The van der Waals surface area contributed by atoms with Gasteiger partial charge in [-0.15, -0.1) is 0 Å². The second-order valence-electron chi connectivity index (χ2n) is 4.80. The number of hydrogen-bond donors (Lipinski definition) is 2. The summed E-state index contributed by atoms with van der Waals surface area (Å²) >= 11 is 0. The van der Waals surface area contributed by atoms with Crippen molar-refractivity contribution >= 4 is 5.84 Å². The van der Waals surface area contributed by atoms with Crippen LogP contribution < -0.4 is 10.5 Å². The number of ether oxygens (including phenoxy) is 1. The van der Waals surface area contributed by atoms with Gasteiger partial charge in [-0.25, -0.2) is 4.39 Å². The molecule has 0 amide bonds. The molecule has 0 aliphatic rings. The maximum Gasteiger partial charge on any atom is 0.140 e. The molecule has 0 heterocycles. The predicted octanol–water partition coefficient (Wildman–Crippen LogP) is 3.31. The van der Waals surface area contributed by atoms with Gasteiger partial charge in [-0.05, 0) is 43.2 Å². The molecule has 2 aromatic carbocycles. The van der Waals surface area contributed by atoms with Gasteiger partial charge in [0, 0.05) is 5.56 Å². The number of nitrogen functional groups attached to an aromatic ring is 1. The van der Waals surface area contributed by atoms with E-state index in [1.807, 2.05) is 32.0 Å². The highest BCUT2D eigenvalue weighted by Crippen LogP contribution is 2.19. The molecule has 0 spiro atoms. The Hall–Kier alpha value is -2.36. The summed E-state index contributed by atoms with van der Waals surface area (Å²) in [5, 5.41) is 7.32. The van der Waals surface area contributed by atoms with Crippen molar-refractivity contribution in [1.82, 2.24) is 0 Å². The fraction of sp³-hybridized carbons (Fsp3) is 0.188. The highest BCUT2D eigenvalue weighted by atomic mass is 19.1. The van der Waals surface area contributed by atoms with E-state index in [0.717, 1.165) is 11.1 Å². The van der Waals surface area contributed by atoms with Crippen molar-refractivity contribution in [1.29, 1.82) is 5.41 Å². The van der Waals surface area contributed by atoms with E-state index < -0.39 is 5.82 Å². The van der Waals surface area contributed by atoms with Gasteiger partial charge in [-0.1, -0.05) is 18.2 Å². The average Bonchev–Trinajstić information content (AvgIpc) is 2.36. The van der Waals surface area contributed by atoms with Crippen molar-refractivity contribution in [2.45, 2.75) is 20.5 Å². The molecule has 4 heteroatoms. The number of benzene rings is 2. The molecule has 0 bridgehead atoms. The molecule has 104 valence electrons. The summed E-state index contributed by atoms with van der Waals surface area (Å²) in [5.74, 6) is -0.0738. The zero-order chi connectivity index (χ0) is 14.7. The van der Waals surface area contributed by atoms with E-state index in [0.29, 0.717) is 11.3 Å². The van der Waals surface area contributed by atoms with Crippen LogP contribution >= 0.6 is 0 Å². The largest absolute Gasteiger partial charge is 0.489 e. The van der Waals surface area contributed by atoms with Crippen molar-refractivity contribution in [3.8, 4) is 5.75 Å². The standard InChI is InChI=1S/C16H17FN2O/c1-10-6-11(2)8-13(7-10)20-9-12-4-3-5-14(15(12)17)16(18)19/h3-8H,9H2,1-2H3,(H3,18,19). The van der Waals surface area contributed by atoms with Crippen LogP contribution in [-0.4, -0.2) is 5.84 Å². The van der Waals surface area contributed by atoms with E-state index in [-0.39, 0.29) is 18.0 Å². The van der Waals surface area contributed by atoms with Gasteiger partial charge in [0.15, 0.2) is 0 Å². The predicted molar refractivity (Wildman–Crippen MR) is 77.7 cm³/mol. The Balaban J connectivity index is 2.19. The fourth-order valence-corrected chi connectivity index (χ4v) is 2.08. The molecule has 3 N–H and O–H groups in total. The molecule has 0 aliphatic heterocycles. The lowest BCUT2D eigenvalue weighted by atomic mass is 10.1. The number of halogens is 1. The Morgan fingerprint density at radius 1 is 1.20 bits per heavy atom. The first-order valence-corrected chi connectivity index (χ1v) is 6.30. The highest BCUT2D eigenvalue weighted by Gasteiger charge is 2.10. The molecular formula is C16H17FN2O. The Morgan fingerprint density at radius 3 is 2.45 bits per heavy atom. The van der Waals surface area contributed by atoms with Crippen molar-refractivity contribution in [3.05, 3.63) is 64.5 Å². The molecule has 0 saturated heterocycles. The van der Waals surface area contributed by atoms with Crippen molar-refractivity contribution in [2.75, 3.05) is 0 Å². The summed E-state index contributed by atoms with van der Waals surface area (Å²) in [6, 6.07) is 10.6. The van der Waals surface area contributed by atoms with Gasteiger partial charge in [-0.3, -0.25) is 5.41 Å². The van der Waals surface area contributed by atoms with Gasteiger partial charge >= 0.3 is 0 Å². The molecular weight excluding hydrogens is 255 g/mol. The molecule has 0 aromatic heterocycles. The van der Waals surface area contributed by atoms with Crippen LogP contribution in [0.15, 0.2) is 36.4 Å². The van der Waals surface area contributed by atoms with Crippen LogP contribution in [0, 0.1) is 25.1 Å². The van der Waals surface area contributed by atoms with E-state index >= 15 is 0 Å². The maximum atomic E-state index is 14.1. The third kappa shape index (κ3) is 3.15. The molecule has 20 heavy (non-hydrogen) atoms. The molecule has 3 nitrogen and oxygen atoms in total. The van der Waals surface area contributed by atoms with Crippen LogP contribution in [-0.2, 0) is 6.61 Å². The van der Waals surface area contributed by atoms with Gasteiger partial charge in [0.2, 0.25) is 0 Å². The van der Waals surface area contributed by atoms with Crippen LogP contribution in [0.5, 0.6) is 5.75 Å². The normalized spacial score (nSPS) is 10.3. The van der Waals surface area contributed by atoms with Crippen molar-refractivity contribution in [3.63, 3.8) is 0 Å². The van der Waals surface area contributed by atoms with Crippen LogP contribution in [0.3, 0.4) is 0 Å². The Labute approximate surface area is 117 Å². The van der Waals surface area contributed by atoms with E-state index in [1.54, 1.807) is 12.1 Å². The first kappa shape index (κ1) is 14.1. The second kappa shape index (κ2) is 5.74. The minimum atomic E-state index is -0.496. The maximum absolute atomic E-state index is 14.1. The zero-order valence-corrected chi connectivity index (χ0v) is 11.5. The number of nitrogens with two attached hydrogens (primary N) is 1. The van der Waals surface area contributed by atoms with Gasteiger partial charge in [-0.2, -0.15) is 0 Å². The quantitative estimate of drug-likeness (QED) is 0.662. The molecule has 0 atom stereocenters. The van der Waals surface area contributed by atoms with Crippen LogP contribution in [0.1, 0.15) is 22.3 Å². The summed E-state index contributed by atoms with van der Waals surface area (Å²) in [7, 11) is 0. The van der Waals surface area contributed by atoms with Crippen molar-refractivity contribution in [2.24, 2.45) is 5.73 Å². The molecule has 0 fully saturated rings. The minimum absolute atomic E-state index is 0.103. The summed E-state index contributed by atoms with van der Waals surface area (Å²) in [6.45, 7) is 4.07. The summed E-state index contributed by atoms with van der Waals surface area (Å²) in [6.07, 6.45) is 0.